The summed E-state index contributed by atoms with van der Waals surface area (Å²) in [6.07, 6.45) is 0.617. The van der Waals surface area contributed by atoms with Crippen LogP contribution in [-0.2, 0) is 11.3 Å². The molecule has 0 spiro atoms. The number of carbonyl (C=O) groups is 2. The van der Waals surface area contributed by atoms with Gasteiger partial charge in [0.1, 0.15) is 17.1 Å². The molecular formula is C19H20O6S. The lowest BCUT2D eigenvalue weighted by Gasteiger charge is -2.17. The Labute approximate surface area is 156 Å². The van der Waals surface area contributed by atoms with Crippen molar-refractivity contribution in [1.82, 2.24) is 0 Å². The third kappa shape index (κ3) is 3.68. The van der Waals surface area contributed by atoms with Crippen LogP contribution in [0.3, 0.4) is 0 Å². The van der Waals surface area contributed by atoms with E-state index in [0.29, 0.717) is 27.4 Å². The minimum Gasteiger partial charge on any atom is -0.496 e. The van der Waals surface area contributed by atoms with Gasteiger partial charge in [-0.15, -0.1) is 0 Å². The van der Waals surface area contributed by atoms with Crippen molar-refractivity contribution in [3.8, 4) is 11.5 Å². The fraction of sp³-hybridized carbons (Fsp3) is 0.263. The summed E-state index contributed by atoms with van der Waals surface area (Å²) in [5.41, 5.74) is 1.99. The maximum Gasteiger partial charge on any atom is 0.342 e. The number of methoxy groups -OCH3 is 3. The largest absolute Gasteiger partial charge is 0.496 e. The van der Waals surface area contributed by atoms with Gasteiger partial charge < -0.3 is 19.3 Å². The van der Waals surface area contributed by atoms with Gasteiger partial charge in [0.2, 0.25) is 0 Å². The SMILES string of the molecule is COC(=O)c1c(Sc2c(OC)ccc(C)c2CO)ccc(C=O)c1OC. The summed E-state index contributed by atoms with van der Waals surface area (Å²) in [4.78, 5) is 24.8. The van der Waals surface area contributed by atoms with Crippen LogP contribution < -0.4 is 9.47 Å². The molecule has 2 rings (SSSR count). The first-order valence-electron chi connectivity index (χ1n) is 7.72. The second kappa shape index (κ2) is 8.73. The van der Waals surface area contributed by atoms with Crippen molar-refractivity contribution in [2.75, 3.05) is 21.3 Å². The zero-order valence-corrected chi connectivity index (χ0v) is 15.8. The van der Waals surface area contributed by atoms with Crippen LogP contribution in [0.25, 0.3) is 0 Å². The fourth-order valence-corrected chi connectivity index (χ4v) is 3.79. The Bertz CT molecular complexity index is 831. The number of esters is 1. The van der Waals surface area contributed by atoms with E-state index < -0.39 is 5.97 Å². The molecule has 2 aromatic rings. The molecular weight excluding hydrogens is 356 g/mol. The van der Waals surface area contributed by atoms with E-state index in [2.05, 4.69) is 0 Å². The van der Waals surface area contributed by atoms with Gasteiger partial charge in [0.25, 0.3) is 0 Å². The zero-order valence-electron chi connectivity index (χ0n) is 15.0. The number of aliphatic hydroxyl groups excluding tert-OH is 1. The van der Waals surface area contributed by atoms with Crippen LogP contribution in [0.1, 0.15) is 31.8 Å². The van der Waals surface area contributed by atoms with E-state index in [0.717, 1.165) is 5.56 Å². The molecule has 1 N–H and O–H groups in total. The molecule has 0 radical (unpaired) electrons. The van der Waals surface area contributed by atoms with Crippen molar-refractivity contribution < 1.29 is 28.9 Å². The third-order valence-corrected chi connectivity index (χ3v) is 5.13. The Kier molecular flexibility index (Phi) is 6.65. The average Bonchev–Trinajstić information content (AvgIpc) is 2.67. The zero-order chi connectivity index (χ0) is 19.3. The standard InChI is InChI=1S/C19H20O6S/c1-11-5-7-14(23-2)18(13(11)10-21)26-15-8-6-12(9-20)17(24-3)16(15)19(22)25-4/h5-9,21H,10H2,1-4H3. The molecule has 0 heterocycles. The summed E-state index contributed by atoms with van der Waals surface area (Å²) in [6.45, 7) is 1.70. The first kappa shape index (κ1) is 19.8. The number of ether oxygens (including phenoxy) is 3. The molecule has 0 aromatic heterocycles. The first-order valence-corrected chi connectivity index (χ1v) is 8.53. The summed E-state index contributed by atoms with van der Waals surface area (Å²) in [5, 5.41) is 9.77. The molecule has 26 heavy (non-hydrogen) atoms. The molecule has 138 valence electrons. The van der Waals surface area contributed by atoms with E-state index in [1.165, 1.54) is 33.1 Å². The summed E-state index contributed by atoms with van der Waals surface area (Å²) < 4.78 is 15.6. The van der Waals surface area contributed by atoms with E-state index in [4.69, 9.17) is 14.2 Å². The number of hydrogen-bond donors (Lipinski definition) is 1. The minimum atomic E-state index is -0.620. The second-order valence-corrected chi connectivity index (χ2v) is 6.38. The molecule has 0 aliphatic heterocycles. The number of benzene rings is 2. The molecule has 7 heteroatoms. The number of aldehydes is 1. The Balaban J connectivity index is 2.70. The van der Waals surface area contributed by atoms with Crippen LogP contribution in [0, 0.1) is 6.92 Å². The molecule has 0 aliphatic carbocycles. The van der Waals surface area contributed by atoms with Crippen molar-refractivity contribution in [1.29, 1.82) is 0 Å². The van der Waals surface area contributed by atoms with Crippen LogP contribution in [-0.4, -0.2) is 38.7 Å². The van der Waals surface area contributed by atoms with Gasteiger partial charge >= 0.3 is 5.97 Å². The van der Waals surface area contributed by atoms with Crippen LogP contribution in [0.4, 0.5) is 0 Å². The second-order valence-electron chi connectivity index (χ2n) is 5.32. The Morgan fingerprint density at radius 1 is 1.15 bits per heavy atom. The quantitative estimate of drug-likeness (QED) is 0.587. The van der Waals surface area contributed by atoms with Gasteiger partial charge in [-0.1, -0.05) is 17.8 Å². The summed E-state index contributed by atoms with van der Waals surface area (Å²) in [6, 6.07) is 6.87. The van der Waals surface area contributed by atoms with Crippen molar-refractivity contribution in [2.45, 2.75) is 23.3 Å². The summed E-state index contributed by atoms with van der Waals surface area (Å²) in [5.74, 6) is 0.0955. The molecule has 6 nitrogen and oxygen atoms in total. The summed E-state index contributed by atoms with van der Waals surface area (Å²) in [7, 11) is 4.18. The molecule has 0 bridgehead atoms. The van der Waals surface area contributed by atoms with E-state index in [1.54, 1.807) is 18.2 Å². The molecule has 0 amide bonds. The van der Waals surface area contributed by atoms with Gasteiger partial charge in [0.15, 0.2) is 6.29 Å². The van der Waals surface area contributed by atoms with Crippen LogP contribution in [0.5, 0.6) is 11.5 Å². The van der Waals surface area contributed by atoms with E-state index in [-0.39, 0.29) is 23.5 Å². The average molecular weight is 376 g/mol. The molecule has 0 fully saturated rings. The van der Waals surface area contributed by atoms with E-state index in [1.807, 2.05) is 13.0 Å². The van der Waals surface area contributed by atoms with Gasteiger partial charge in [0, 0.05) is 4.90 Å². The van der Waals surface area contributed by atoms with E-state index >= 15 is 0 Å². The highest BCUT2D eigenvalue weighted by Gasteiger charge is 2.24. The Morgan fingerprint density at radius 3 is 2.42 bits per heavy atom. The third-order valence-electron chi connectivity index (χ3n) is 3.92. The van der Waals surface area contributed by atoms with Gasteiger partial charge in [0.05, 0.1) is 38.4 Å². The van der Waals surface area contributed by atoms with Crippen molar-refractivity contribution in [2.24, 2.45) is 0 Å². The van der Waals surface area contributed by atoms with Gasteiger partial charge in [-0.2, -0.15) is 0 Å². The summed E-state index contributed by atoms with van der Waals surface area (Å²) >= 11 is 1.24. The molecule has 0 unspecified atom stereocenters. The maximum atomic E-state index is 12.3. The Hall–Kier alpha value is -2.51. The predicted molar refractivity (Wildman–Crippen MR) is 97.5 cm³/mol. The normalized spacial score (nSPS) is 10.3. The first-order chi connectivity index (χ1) is 12.5. The number of hydrogen-bond acceptors (Lipinski definition) is 7. The predicted octanol–water partition coefficient (Wildman–Crippen LogP) is 3.25. The number of aryl methyl sites for hydroxylation is 1. The van der Waals surface area contributed by atoms with Gasteiger partial charge in [-0.05, 0) is 36.2 Å². The lowest BCUT2D eigenvalue weighted by atomic mass is 10.1. The highest BCUT2D eigenvalue weighted by Crippen LogP contribution is 2.43. The molecule has 0 aliphatic rings. The number of aliphatic hydroxyl groups is 1. The lowest BCUT2D eigenvalue weighted by molar-refractivity contribution is 0.0593. The van der Waals surface area contributed by atoms with Gasteiger partial charge in [-0.3, -0.25) is 4.79 Å². The lowest BCUT2D eigenvalue weighted by Crippen LogP contribution is -2.08. The molecule has 2 aromatic carbocycles. The van der Waals surface area contributed by atoms with Crippen LogP contribution >= 0.6 is 11.8 Å². The van der Waals surface area contributed by atoms with Crippen LogP contribution in [0.15, 0.2) is 34.1 Å². The fourth-order valence-electron chi connectivity index (χ4n) is 2.56. The van der Waals surface area contributed by atoms with Crippen molar-refractivity contribution in [3.05, 3.63) is 46.5 Å². The number of carbonyl (C=O) groups excluding carboxylic acids is 2. The minimum absolute atomic E-state index is 0.147. The van der Waals surface area contributed by atoms with Crippen molar-refractivity contribution >= 4 is 24.0 Å². The monoisotopic (exact) mass is 376 g/mol. The Morgan fingerprint density at radius 2 is 1.88 bits per heavy atom. The topological polar surface area (TPSA) is 82.1 Å². The number of rotatable bonds is 7. The van der Waals surface area contributed by atoms with Crippen molar-refractivity contribution in [3.63, 3.8) is 0 Å². The van der Waals surface area contributed by atoms with Gasteiger partial charge in [-0.25, -0.2) is 4.79 Å². The molecule has 0 saturated heterocycles. The van der Waals surface area contributed by atoms with E-state index in [9.17, 15) is 14.7 Å². The highest BCUT2D eigenvalue weighted by molar-refractivity contribution is 7.99. The highest BCUT2D eigenvalue weighted by atomic mass is 32.2. The smallest absolute Gasteiger partial charge is 0.342 e. The molecule has 0 saturated carbocycles. The van der Waals surface area contributed by atoms with Crippen LogP contribution in [0.2, 0.25) is 0 Å². The maximum absolute atomic E-state index is 12.3. The molecule has 0 atom stereocenters.